The molecule has 0 atom stereocenters. The van der Waals surface area contributed by atoms with E-state index < -0.39 is 0 Å². The van der Waals surface area contributed by atoms with Crippen LogP contribution in [-0.2, 0) is 0 Å². The summed E-state index contributed by atoms with van der Waals surface area (Å²) in [5.74, 6) is 0.922. The highest BCUT2D eigenvalue weighted by atomic mass is 16.0. The summed E-state index contributed by atoms with van der Waals surface area (Å²) in [4.78, 5) is 7.17. The fourth-order valence-corrected chi connectivity index (χ4v) is 1.02. The molecule has 2 aromatic rings. The van der Waals surface area contributed by atoms with Crippen LogP contribution in [0.3, 0.4) is 0 Å². The number of hydrogen-bond acceptors (Lipinski definition) is 1. The van der Waals surface area contributed by atoms with Crippen LogP contribution < -0.4 is 0 Å². The van der Waals surface area contributed by atoms with Crippen molar-refractivity contribution in [2.45, 2.75) is 0 Å². The smallest absolute Gasteiger partial charge is 0.137 e. The van der Waals surface area contributed by atoms with Crippen LogP contribution >= 0.6 is 0 Å². The van der Waals surface area contributed by atoms with E-state index in [1.807, 2.05) is 36.5 Å². The van der Waals surface area contributed by atoms with Crippen LogP contribution in [-0.4, -0.2) is 15.4 Å². The van der Waals surface area contributed by atoms with E-state index in [0.29, 0.717) is 0 Å². The van der Waals surface area contributed by atoms with Gasteiger partial charge in [-0.2, -0.15) is 0 Å². The van der Waals surface area contributed by atoms with Gasteiger partial charge in [-0.15, -0.1) is 0 Å². The molecule has 12 heavy (non-hydrogen) atoms. The van der Waals surface area contributed by atoms with Crippen molar-refractivity contribution in [3.63, 3.8) is 0 Å². The van der Waals surface area contributed by atoms with Gasteiger partial charge in [0.15, 0.2) is 0 Å². The van der Waals surface area contributed by atoms with E-state index in [2.05, 4.69) is 9.97 Å². The first-order chi connectivity index (χ1) is 5.47. The minimum Gasteiger partial charge on any atom is -0.412 e. The maximum absolute atomic E-state index is 4.13. The highest BCUT2D eigenvalue weighted by Crippen LogP contribution is 2.11. The van der Waals surface area contributed by atoms with Crippen molar-refractivity contribution in [1.82, 2.24) is 9.97 Å². The van der Waals surface area contributed by atoms with Crippen molar-refractivity contribution in [2.24, 2.45) is 0 Å². The fraction of sp³-hybridized carbons (Fsp3) is 0. The van der Waals surface area contributed by atoms with Gasteiger partial charge < -0.3 is 10.5 Å². The zero-order valence-electron chi connectivity index (χ0n) is 6.49. The third-order valence-corrected chi connectivity index (χ3v) is 1.55. The Kier molecular flexibility index (Phi) is 2.61. The number of hydrogen-bond donors (Lipinski definition) is 1. The Morgan fingerprint density at radius 2 is 1.83 bits per heavy atom. The van der Waals surface area contributed by atoms with Gasteiger partial charge in [0.25, 0.3) is 0 Å². The van der Waals surface area contributed by atoms with E-state index in [1.165, 1.54) is 0 Å². The molecule has 0 saturated heterocycles. The number of nitrogens with one attached hydrogen (secondary N) is 1. The average molecular weight is 162 g/mol. The normalized spacial score (nSPS) is 9.00. The Bertz CT molecular complexity index is 316. The number of benzene rings is 1. The molecule has 0 aliphatic heterocycles. The van der Waals surface area contributed by atoms with Gasteiger partial charge in [0.1, 0.15) is 5.82 Å². The second-order valence-electron chi connectivity index (χ2n) is 2.30. The lowest BCUT2D eigenvalue weighted by Crippen LogP contribution is -1.77. The Morgan fingerprint density at radius 3 is 2.42 bits per heavy atom. The molecule has 0 fully saturated rings. The summed E-state index contributed by atoms with van der Waals surface area (Å²) >= 11 is 0. The first-order valence-electron chi connectivity index (χ1n) is 3.51. The molecule has 0 aliphatic carbocycles. The third-order valence-electron chi connectivity index (χ3n) is 1.55. The maximum Gasteiger partial charge on any atom is 0.137 e. The van der Waals surface area contributed by atoms with E-state index in [4.69, 9.17) is 0 Å². The molecule has 0 aliphatic rings. The Hall–Kier alpha value is -1.61. The lowest BCUT2D eigenvalue weighted by atomic mass is 10.2. The van der Waals surface area contributed by atoms with Crippen LogP contribution in [0.2, 0.25) is 0 Å². The van der Waals surface area contributed by atoms with E-state index >= 15 is 0 Å². The molecule has 1 aromatic heterocycles. The molecule has 2 rings (SSSR count). The molecule has 3 nitrogen and oxygen atoms in total. The largest absolute Gasteiger partial charge is 0.412 e. The molecule has 1 heterocycles. The maximum atomic E-state index is 4.13. The SMILES string of the molecule is O.c1ccc(-c2ncc[nH]2)cc1. The van der Waals surface area contributed by atoms with Crippen LogP contribution in [0.5, 0.6) is 0 Å². The lowest BCUT2D eigenvalue weighted by Gasteiger charge is -1.92. The molecule has 62 valence electrons. The fourth-order valence-electron chi connectivity index (χ4n) is 1.02. The summed E-state index contributed by atoms with van der Waals surface area (Å²) in [5.41, 5.74) is 1.12. The zero-order chi connectivity index (χ0) is 7.52. The van der Waals surface area contributed by atoms with Gasteiger partial charge >= 0.3 is 0 Å². The Labute approximate surface area is 70.4 Å². The van der Waals surface area contributed by atoms with Crippen LogP contribution in [0.15, 0.2) is 42.7 Å². The van der Waals surface area contributed by atoms with Gasteiger partial charge in [0.2, 0.25) is 0 Å². The molecule has 0 bridgehead atoms. The lowest BCUT2D eigenvalue weighted by molar-refractivity contribution is 0.824. The van der Waals surface area contributed by atoms with Crippen molar-refractivity contribution in [3.8, 4) is 11.4 Å². The monoisotopic (exact) mass is 162 g/mol. The van der Waals surface area contributed by atoms with Crippen LogP contribution in [0.25, 0.3) is 11.4 Å². The quantitative estimate of drug-likeness (QED) is 0.674. The van der Waals surface area contributed by atoms with Crippen molar-refractivity contribution in [2.75, 3.05) is 0 Å². The highest BCUT2D eigenvalue weighted by molar-refractivity contribution is 5.53. The first-order valence-corrected chi connectivity index (χ1v) is 3.51. The van der Waals surface area contributed by atoms with E-state index in [-0.39, 0.29) is 5.48 Å². The van der Waals surface area contributed by atoms with E-state index in [9.17, 15) is 0 Å². The van der Waals surface area contributed by atoms with Gasteiger partial charge in [-0.05, 0) is 0 Å². The highest BCUT2D eigenvalue weighted by Gasteiger charge is 1.94. The van der Waals surface area contributed by atoms with Gasteiger partial charge in [-0.1, -0.05) is 30.3 Å². The predicted molar refractivity (Wildman–Crippen MR) is 47.6 cm³/mol. The minimum atomic E-state index is 0. The molecule has 0 amide bonds. The summed E-state index contributed by atoms with van der Waals surface area (Å²) in [6.45, 7) is 0. The molecule has 1 aromatic carbocycles. The van der Waals surface area contributed by atoms with Gasteiger partial charge in [-0.25, -0.2) is 4.98 Å². The summed E-state index contributed by atoms with van der Waals surface area (Å²) in [6, 6.07) is 10.0. The van der Waals surface area contributed by atoms with Crippen molar-refractivity contribution < 1.29 is 5.48 Å². The molecule has 3 N–H and O–H groups in total. The molecule has 0 radical (unpaired) electrons. The van der Waals surface area contributed by atoms with Crippen molar-refractivity contribution in [3.05, 3.63) is 42.7 Å². The first kappa shape index (κ1) is 8.49. The van der Waals surface area contributed by atoms with Gasteiger partial charge in [-0.3, -0.25) is 0 Å². The average Bonchev–Trinajstić information content (AvgIpc) is 2.58. The van der Waals surface area contributed by atoms with Crippen molar-refractivity contribution in [1.29, 1.82) is 0 Å². The molecular weight excluding hydrogens is 152 g/mol. The Balaban J connectivity index is 0.000000720. The topological polar surface area (TPSA) is 60.2 Å². The van der Waals surface area contributed by atoms with Crippen LogP contribution in [0.4, 0.5) is 0 Å². The van der Waals surface area contributed by atoms with E-state index in [0.717, 1.165) is 11.4 Å². The second kappa shape index (κ2) is 3.69. The molecule has 0 unspecified atom stereocenters. The standard InChI is InChI=1S/C9H8N2.H2O/c1-2-4-8(5-3-1)9-10-6-7-11-9;/h1-7H,(H,10,11);1H2. The molecule has 0 saturated carbocycles. The number of nitrogens with zero attached hydrogens (tertiary/aromatic N) is 1. The summed E-state index contributed by atoms with van der Waals surface area (Å²) in [7, 11) is 0. The number of imidazole rings is 1. The van der Waals surface area contributed by atoms with Gasteiger partial charge in [0.05, 0.1) is 0 Å². The molecule has 3 heteroatoms. The predicted octanol–water partition coefficient (Wildman–Crippen LogP) is 1.25. The zero-order valence-corrected chi connectivity index (χ0v) is 6.49. The second-order valence-corrected chi connectivity index (χ2v) is 2.30. The molecule has 0 spiro atoms. The van der Waals surface area contributed by atoms with E-state index in [1.54, 1.807) is 6.20 Å². The number of rotatable bonds is 1. The summed E-state index contributed by atoms with van der Waals surface area (Å²) in [6.07, 6.45) is 3.57. The summed E-state index contributed by atoms with van der Waals surface area (Å²) in [5, 5.41) is 0. The third kappa shape index (κ3) is 1.52. The van der Waals surface area contributed by atoms with Crippen LogP contribution in [0, 0.1) is 0 Å². The number of aromatic amines is 1. The number of H-pyrrole nitrogens is 1. The minimum absolute atomic E-state index is 0. The van der Waals surface area contributed by atoms with Crippen molar-refractivity contribution >= 4 is 0 Å². The summed E-state index contributed by atoms with van der Waals surface area (Å²) < 4.78 is 0. The Morgan fingerprint density at radius 1 is 1.08 bits per heavy atom. The number of aromatic nitrogens is 2. The van der Waals surface area contributed by atoms with Gasteiger partial charge in [0, 0.05) is 18.0 Å². The van der Waals surface area contributed by atoms with Crippen LogP contribution in [0.1, 0.15) is 0 Å². The molecular formula is C9H10N2O.